The molecule has 0 radical (unpaired) electrons. The van der Waals surface area contributed by atoms with Crippen molar-refractivity contribution < 1.29 is 4.79 Å². The molecule has 112 valence electrons. The SMILES string of the molecule is CCCC(=O)c1ccc(NCc2csc(C(C)C)n2)cc1. The second kappa shape index (κ2) is 7.36. The molecular formula is C17H22N2OS. The second-order valence-electron chi connectivity index (χ2n) is 5.44. The van der Waals surface area contributed by atoms with Gasteiger partial charge in [0.2, 0.25) is 0 Å². The van der Waals surface area contributed by atoms with Gasteiger partial charge < -0.3 is 5.32 Å². The third-order valence-electron chi connectivity index (χ3n) is 3.22. The normalized spacial score (nSPS) is 10.9. The first-order chi connectivity index (χ1) is 10.1. The van der Waals surface area contributed by atoms with Crippen molar-refractivity contribution in [3.05, 3.63) is 45.9 Å². The van der Waals surface area contributed by atoms with E-state index in [-0.39, 0.29) is 5.78 Å². The van der Waals surface area contributed by atoms with E-state index in [2.05, 4.69) is 29.5 Å². The average Bonchev–Trinajstić information content (AvgIpc) is 2.95. The summed E-state index contributed by atoms with van der Waals surface area (Å²) in [7, 11) is 0. The fourth-order valence-electron chi connectivity index (χ4n) is 2.01. The minimum Gasteiger partial charge on any atom is -0.379 e. The van der Waals surface area contributed by atoms with Crippen LogP contribution in [0.4, 0.5) is 5.69 Å². The molecule has 0 fully saturated rings. The van der Waals surface area contributed by atoms with Crippen LogP contribution in [0.2, 0.25) is 0 Å². The summed E-state index contributed by atoms with van der Waals surface area (Å²) in [5.74, 6) is 0.692. The Labute approximate surface area is 130 Å². The van der Waals surface area contributed by atoms with Crippen LogP contribution in [0.15, 0.2) is 29.6 Å². The Kier molecular flexibility index (Phi) is 5.51. The van der Waals surface area contributed by atoms with Crippen LogP contribution < -0.4 is 5.32 Å². The topological polar surface area (TPSA) is 42.0 Å². The number of ketones is 1. The molecule has 1 aromatic heterocycles. The van der Waals surface area contributed by atoms with Gasteiger partial charge in [-0.05, 0) is 30.7 Å². The highest BCUT2D eigenvalue weighted by Crippen LogP contribution is 2.20. The van der Waals surface area contributed by atoms with E-state index in [4.69, 9.17) is 0 Å². The Morgan fingerprint density at radius 1 is 1.29 bits per heavy atom. The van der Waals surface area contributed by atoms with Crippen molar-refractivity contribution in [1.29, 1.82) is 0 Å². The van der Waals surface area contributed by atoms with E-state index in [9.17, 15) is 4.79 Å². The van der Waals surface area contributed by atoms with E-state index in [1.54, 1.807) is 11.3 Å². The lowest BCUT2D eigenvalue weighted by Gasteiger charge is -2.06. The summed E-state index contributed by atoms with van der Waals surface area (Å²) in [5, 5.41) is 6.62. The molecule has 21 heavy (non-hydrogen) atoms. The molecule has 0 aliphatic heterocycles. The molecule has 1 N–H and O–H groups in total. The van der Waals surface area contributed by atoms with E-state index in [0.717, 1.165) is 23.4 Å². The maximum Gasteiger partial charge on any atom is 0.162 e. The Balaban J connectivity index is 1.92. The number of hydrogen-bond donors (Lipinski definition) is 1. The zero-order valence-electron chi connectivity index (χ0n) is 12.8. The molecule has 3 nitrogen and oxygen atoms in total. The first kappa shape index (κ1) is 15.7. The predicted molar refractivity (Wildman–Crippen MR) is 89.2 cm³/mol. The minimum atomic E-state index is 0.213. The molecule has 0 unspecified atom stereocenters. The van der Waals surface area contributed by atoms with E-state index in [0.29, 0.717) is 18.9 Å². The van der Waals surface area contributed by atoms with Crippen LogP contribution in [0.5, 0.6) is 0 Å². The Morgan fingerprint density at radius 3 is 2.57 bits per heavy atom. The molecule has 2 aromatic rings. The van der Waals surface area contributed by atoms with Crippen molar-refractivity contribution in [2.75, 3.05) is 5.32 Å². The van der Waals surface area contributed by atoms with Gasteiger partial charge in [0.05, 0.1) is 17.2 Å². The standard InChI is InChI=1S/C17H22N2OS/c1-4-5-16(20)13-6-8-14(9-7-13)18-10-15-11-21-17(19-15)12(2)3/h6-9,11-12,18H,4-5,10H2,1-3H3. The molecule has 4 heteroatoms. The van der Waals surface area contributed by atoms with Gasteiger partial charge in [-0.3, -0.25) is 4.79 Å². The number of carbonyl (C=O) groups excluding carboxylic acids is 1. The molecule has 0 aliphatic rings. The summed E-state index contributed by atoms with van der Waals surface area (Å²) in [6.45, 7) is 7.04. The number of thiazole rings is 1. The molecule has 1 heterocycles. The lowest BCUT2D eigenvalue weighted by Crippen LogP contribution is -2.02. The molecular weight excluding hydrogens is 280 g/mol. The molecule has 0 saturated heterocycles. The fourth-order valence-corrected chi connectivity index (χ4v) is 2.84. The summed E-state index contributed by atoms with van der Waals surface area (Å²) in [4.78, 5) is 16.4. The van der Waals surface area contributed by atoms with E-state index in [1.165, 1.54) is 5.01 Å². The van der Waals surface area contributed by atoms with E-state index < -0.39 is 0 Å². The number of benzene rings is 1. The number of anilines is 1. The van der Waals surface area contributed by atoms with Gasteiger partial charge in [-0.25, -0.2) is 4.98 Å². The van der Waals surface area contributed by atoms with Crippen LogP contribution in [-0.2, 0) is 6.54 Å². The summed E-state index contributed by atoms with van der Waals surface area (Å²) in [5.41, 5.74) is 2.87. The lowest BCUT2D eigenvalue weighted by molar-refractivity contribution is 0.0982. The quantitative estimate of drug-likeness (QED) is 0.743. The number of Topliss-reactive ketones (excluding diaryl/α,β-unsaturated/α-hetero) is 1. The average molecular weight is 302 g/mol. The first-order valence-corrected chi connectivity index (χ1v) is 8.29. The van der Waals surface area contributed by atoms with Gasteiger partial charge in [0.1, 0.15) is 0 Å². The second-order valence-corrected chi connectivity index (χ2v) is 6.33. The first-order valence-electron chi connectivity index (χ1n) is 7.41. The van der Waals surface area contributed by atoms with Crippen molar-refractivity contribution in [1.82, 2.24) is 4.98 Å². The number of rotatable bonds is 7. The Morgan fingerprint density at radius 2 is 2.00 bits per heavy atom. The largest absolute Gasteiger partial charge is 0.379 e. The third-order valence-corrected chi connectivity index (χ3v) is 4.42. The molecule has 0 spiro atoms. The van der Waals surface area contributed by atoms with Gasteiger partial charge in [0.25, 0.3) is 0 Å². The van der Waals surface area contributed by atoms with Gasteiger partial charge in [0, 0.05) is 29.0 Å². The lowest BCUT2D eigenvalue weighted by atomic mass is 10.1. The number of aromatic nitrogens is 1. The monoisotopic (exact) mass is 302 g/mol. The maximum absolute atomic E-state index is 11.8. The molecule has 0 atom stereocenters. The number of hydrogen-bond acceptors (Lipinski definition) is 4. The van der Waals surface area contributed by atoms with E-state index >= 15 is 0 Å². The van der Waals surface area contributed by atoms with Crippen LogP contribution in [0.25, 0.3) is 0 Å². The Bertz CT molecular complexity index is 587. The zero-order valence-corrected chi connectivity index (χ0v) is 13.7. The third kappa shape index (κ3) is 4.39. The van der Waals surface area contributed by atoms with Crippen molar-refractivity contribution in [2.45, 2.75) is 46.1 Å². The van der Waals surface area contributed by atoms with Gasteiger partial charge in [-0.2, -0.15) is 0 Å². The summed E-state index contributed by atoms with van der Waals surface area (Å²) in [6.07, 6.45) is 1.50. The van der Waals surface area contributed by atoms with E-state index in [1.807, 2.05) is 31.2 Å². The van der Waals surface area contributed by atoms with Crippen LogP contribution in [0.1, 0.15) is 60.6 Å². The highest BCUT2D eigenvalue weighted by atomic mass is 32.1. The van der Waals surface area contributed by atoms with Crippen LogP contribution in [0.3, 0.4) is 0 Å². The van der Waals surface area contributed by atoms with Gasteiger partial charge in [0.15, 0.2) is 5.78 Å². The molecule has 0 saturated carbocycles. The van der Waals surface area contributed by atoms with Crippen LogP contribution >= 0.6 is 11.3 Å². The predicted octanol–water partition coefficient (Wildman–Crippen LogP) is 4.86. The summed E-state index contributed by atoms with van der Waals surface area (Å²) < 4.78 is 0. The van der Waals surface area contributed by atoms with Gasteiger partial charge in [-0.1, -0.05) is 20.8 Å². The number of carbonyl (C=O) groups is 1. The van der Waals surface area contributed by atoms with Crippen molar-refractivity contribution in [3.8, 4) is 0 Å². The van der Waals surface area contributed by atoms with Crippen molar-refractivity contribution in [2.24, 2.45) is 0 Å². The fraction of sp³-hybridized carbons (Fsp3) is 0.412. The summed E-state index contributed by atoms with van der Waals surface area (Å²) >= 11 is 1.71. The van der Waals surface area contributed by atoms with Gasteiger partial charge in [-0.15, -0.1) is 11.3 Å². The maximum atomic E-state index is 11.8. The van der Waals surface area contributed by atoms with Crippen LogP contribution in [0, 0.1) is 0 Å². The van der Waals surface area contributed by atoms with Crippen molar-refractivity contribution in [3.63, 3.8) is 0 Å². The molecule has 0 bridgehead atoms. The molecule has 1 aromatic carbocycles. The zero-order chi connectivity index (χ0) is 15.2. The number of nitrogens with one attached hydrogen (secondary N) is 1. The minimum absolute atomic E-state index is 0.213. The van der Waals surface area contributed by atoms with Gasteiger partial charge >= 0.3 is 0 Å². The molecule has 2 rings (SSSR count). The number of nitrogens with zero attached hydrogens (tertiary/aromatic N) is 1. The molecule has 0 aliphatic carbocycles. The highest BCUT2D eigenvalue weighted by molar-refractivity contribution is 7.09. The molecule has 0 amide bonds. The summed E-state index contributed by atoms with van der Waals surface area (Å²) in [6, 6.07) is 7.69. The highest BCUT2D eigenvalue weighted by Gasteiger charge is 2.06. The smallest absolute Gasteiger partial charge is 0.162 e. The van der Waals surface area contributed by atoms with Crippen LogP contribution in [-0.4, -0.2) is 10.8 Å². The van der Waals surface area contributed by atoms with Crippen molar-refractivity contribution >= 4 is 22.8 Å². The Hall–Kier alpha value is -1.68.